The van der Waals surface area contributed by atoms with Gasteiger partial charge in [0.25, 0.3) is 0 Å². The van der Waals surface area contributed by atoms with Crippen molar-refractivity contribution in [1.29, 1.82) is 0 Å². The molecule has 0 unspecified atom stereocenters. The lowest BCUT2D eigenvalue weighted by molar-refractivity contribution is 0.0969. The summed E-state index contributed by atoms with van der Waals surface area (Å²) in [5, 5.41) is 0.234. The molecule has 0 amide bonds. The predicted molar refractivity (Wildman–Crippen MR) is 42.9 cm³/mol. The highest BCUT2D eigenvalue weighted by Gasteiger charge is 2.07. The van der Waals surface area contributed by atoms with E-state index < -0.39 is 0 Å². The third kappa shape index (κ3) is 1.95. The van der Waals surface area contributed by atoms with E-state index in [9.17, 15) is 4.79 Å². The van der Waals surface area contributed by atoms with Gasteiger partial charge in [-0.3, -0.25) is 4.79 Å². The standard InChI is InChI=1S/C8H7ClO2/c1-2-3-6(10)7-4-5-8(9)11-7/h2,4-5H,1,3H2. The lowest BCUT2D eigenvalue weighted by atomic mass is 10.2. The van der Waals surface area contributed by atoms with E-state index >= 15 is 0 Å². The number of Topliss-reactive ketones (excluding diaryl/α,β-unsaturated/α-hetero) is 1. The summed E-state index contributed by atoms with van der Waals surface area (Å²) < 4.78 is 4.87. The van der Waals surface area contributed by atoms with Crippen LogP contribution in [0.5, 0.6) is 0 Å². The van der Waals surface area contributed by atoms with Crippen LogP contribution in [0, 0.1) is 0 Å². The summed E-state index contributed by atoms with van der Waals surface area (Å²) in [5.41, 5.74) is 0. The SMILES string of the molecule is C=CCC(=O)c1ccc(Cl)o1. The predicted octanol–water partition coefficient (Wildman–Crippen LogP) is 2.69. The molecule has 0 bridgehead atoms. The van der Waals surface area contributed by atoms with Crippen molar-refractivity contribution in [3.8, 4) is 0 Å². The van der Waals surface area contributed by atoms with E-state index in [4.69, 9.17) is 16.0 Å². The molecule has 0 spiro atoms. The summed E-state index contributed by atoms with van der Waals surface area (Å²) in [4.78, 5) is 11.0. The average molecular weight is 171 g/mol. The van der Waals surface area contributed by atoms with Crippen molar-refractivity contribution < 1.29 is 9.21 Å². The Morgan fingerprint density at radius 1 is 1.73 bits per heavy atom. The molecule has 2 nitrogen and oxygen atoms in total. The fraction of sp³-hybridized carbons (Fsp3) is 0.125. The van der Waals surface area contributed by atoms with Crippen molar-refractivity contribution >= 4 is 17.4 Å². The smallest absolute Gasteiger partial charge is 0.201 e. The van der Waals surface area contributed by atoms with Gasteiger partial charge >= 0.3 is 0 Å². The largest absolute Gasteiger partial charge is 0.442 e. The molecule has 0 fully saturated rings. The van der Waals surface area contributed by atoms with Crippen molar-refractivity contribution in [2.24, 2.45) is 0 Å². The molecule has 58 valence electrons. The van der Waals surface area contributed by atoms with Gasteiger partial charge < -0.3 is 4.42 Å². The van der Waals surface area contributed by atoms with E-state index in [1.807, 2.05) is 0 Å². The number of ketones is 1. The van der Waals surface area contributed by atoms with Crippen molar-refractivity contribution in [2.45, 2.75) is 6.42 Å². The summed E-state index contributed by atoms with van der Waals surface area (Å²) in [5.74, 6) is 0.182. The first-order valence-corrected chi connectivity index (χ1v) is 3.51. The second-order valence-electron chi connectivity index (χ2n) is 2.02. The van der Waals surface area contributed by atoms with Gasteiger partial charge in [0.1, 0.15) is 0 Å². The molecule has 0 aromatic carbocycles. The highest BCUT2D eigenvalue weighted by molar-refractivity contribution is 6.29. The van der Waals surface area contributed by atoms with Crippen LogP contribution in [-0.2, 0) is 0 Å². The topological polar surface area (TPSA) is 30.2 Å². The number of carbonyl (C=O) groups excluding carboxylic acids is 1. The molecule has 0 aliphatic heterocycles. The second-order valence-corrected chi connectivity index (χ2v) is 2.39. The van der Waals surface area contributed by atoms with Crippen molar-refractivity contribution in [2.75, 3.05) is 0 Å². The molecule has 11 heavy (non-hydrogen) atoms. The zero-order valence-corrected chi connectivity index (χ0v) is 6.60. The van der Waals surface area contributed by atoms with E-state index in [1.165, 1.54) is 12.1 Å². The van der Waals surface area contributed by atoms with Crippen LogP contribution in [0.1, 0.15) is 17.0 Å². The lowest BCUT2D eigenvalue weighted by Gasteiger charge is -1.88. The Balaban J connectivity index is 2.76. The molecule has 0 saturated heterocycles. The molecule has 0 aliphatic rings. The third-order valence-corrected chi connectivity index (χ3v) is 1.38. The van der Waals surface area contributed by atoms with Crippen molar-refractivity contribution in [1.82, 2.24) is 0 Å². The molecule has 0 atom stereocenters. The minimum absolute atomic E-state index is 0.105. The summed E-state index contributed by atoms with van der Waals surface area (Å²) in [7, 11) is 0. The fourth-order valence-corrected chi connectivity index (χ4v) is 0.842. The number of furan rings is 1. The highest BCUT2D eigenvalue weighted by atomic mass is 35.5. The maximum Gasteiger partial charge on any atom is 0.201 e. The maximum absolute atomic E-state index is 11.0. The quantitative estimate of drug-likeness (QED) is 0.516. The molecule has 3 heteroatoms. The number of hydrogen-bond acceptors (Lipinski definition) is 2. The highest BCUT2D eigenvalue weighted by Crippen LogP contribution is 2.14. The van der Waals surface area contributed by atoms with Gasteiger partial charge in [0.05, 0.1) is 0 Å². The van der Waals surface area contributed by atoms with E-state index in [0.717, 1.165) is 0 Å². The Hall–Kier alpha value is -1.02. The number of rotatable bonds is 3. The van der Waals surface area contributed by atoms with Crippen LogP contribution < -0.4 is 0 Å². The van der Waals surface area contributed by atoms with Crippen LogP contribution in [0.4, 0.5) is 0 Å². The molecule has 0 aliphatic carbocycles. The molecule has 0 radical (unpaired) electrons. The Bertz CT molecular complexity index is 275. The number of hydrogen-bond donors (Lipinski definition) is 0. The van der Waals surface area contributed by atoms with Crippen LogP contribution in [0.3, 0.4) is 0 Å². The normalized spacial score (nSPS) is 9.55. The minimum Gasteiger partial charge on any atom is -0.442 e. The van der Waals surface area contributed by atoms with E-state index in [1.54, 1.807) is 6.07 Å². The monoisotopic (exact) mass is 170 g/mol. The Morgan fingerprint density at radius 3 is 2.91 bits per heavy atom. The number of halogens is 1. The molecular formula is C8H7ClO2. The van der Waals surface area contributed by atoms with Gasteiger partial charge in [-0.15, -0.1) is 6.58 Å². The Morgan fingerprint density at radius 2 is 2.45 bits per heavy atom. The summed E-state index contributed by atoms with van der Waals surface area (Å²) >= 11 is 5.46. The third-order valence-electron chi connectivity index (χ3n) is 1.18. The van der Waals surface area contributed by atoms with E-state index in [0.29, 0.717) is 0 Å². The molecule has 0 saturated carbocycles. The summed E-state index contributed by atoms with van der Waals surface area (Å²) in [6.45, 7) is 3.44. The van der Waals surface area contributed by atoms with Crippen LogP contribution in [-0.4, -0.2) is 5.78 Å². The molecule has 0 N–H and O–H groups in total. The molecular weight excluding hydrogens is 164 g/mol. The van der Waals surface area contributed by atoms with Gasteiger partial charge in [0.15, 0.2) is 11.0 Å². The number of carbonyl (C=O) groups is 1. The van der Waals surface area contributed by atoms with Gasteiger partial charge in [0, 0.05) is 6.42 Å². The zero-order valence-electron chi connectivity index (χ0n) is 5.84. The number of allylic oxidation sites excluding steroid dienone is 1. The van der Waals surface area contributed by atoms with E-state index in [2.05, 4.69) is 6.58 Å². The Kier molecular flexibility index (Phi) is 2.49. The lowest BCUT2D eigenvalue weighted by Crippen LogP contribution is -1.93. The van der Waals surface area contributed by atoms with Crippen molar-refractivity contribution in [3.05, 3.63) is 35.8 Å². The average Bonchev–Trinajstić information content (AvgIpc) is 2.36. The van der Waals surface area contributed by atoms with Gasteiger partial charge in [-0.2, -0.15) is 0 Å². The van der Waals surface area contributed by atoms with Crippen LogP contribution in [0.25, 0.3) is 0 Å². The first-order chi connectivity index (χ1) is 5.24. The van der Waals surface area contributed by atoms with Gasteiger partial charge in [-0.05, 0) is 23.7 Å². The molecule has 1 aromatic heterocycles. The van der Waals surface area contributed by atoms with Crippen molar-refractivity contribution in [3.63, 3.8) is 0 Å². The van der Waals surface area contributed by atoms with Crippen LogP contribution >= 0.6 is 11.6 Å². The van der Waals surface area contributed by atoms with Gasteiger partial charge in [-0.25, -0.2) is 0 Å². The summed E-state index contributed by atoms with van der Waals surface area (Å²) in [6, 6.07) is 3.09. The molecule has 1 rings (SSSR count). The second kappa shape index (κ2) is 3.39. The Labute approximate surface area is 69.5 Å². The first-order valence-electron chi connectivity index (χ1n) is 3.13. The minimum atomic E-state index is -0.105. The maximum atomic E-state index is 11.0. The van der Waals surface area contributed by atoms with Gasteiger partial charge in [0.2, 0.25) is 5.78 Å². The van der Waals surface area contributed by atoms with E-state index in [-0.39, 0.29) is 23.2 Å². The molecule has 1 heterocycles. The first kappa shape index (κ1) is 8.08. The van der Waals surface area contributed by atoms with Crippen LogP contribution in [0.15, 0.2) is 29.2 Å². The van der Waals surface area contributed by atoms with Gasteiger partial charge in [-0.1, -0.05) is 6.08 Å². The van der Waals surface area contributed by atoms with Crippen LogP contribution in [0.2, 0.25) is 5.22 Å². The summed E-state index contributed by atoms with van der Waals surface area (Å²) in [6.07, 6.45) is 1.81. The zero-order chi connectivity index (χ0) is 8.27. The fourth-order valence-electron chi connectivity index (χ4n) is 0.696. The molecule has 1 aromatic rings.